The summed E-state index contributed by atoms with van der Waals surface area (Å²) in [6.07, 6.45) is 1.17. The highest BCUT2D eigenvalue weighted by Crippen LogP contribution is 2.16. The minimum atomic E-state index is -0.516. The number of carbonyl (C=O) groups excluding carboxylic acids is 2. The van der Waals surface area contributed by atoms with Gasteiger partial charge < -0.3 is 15.1 Å². The summed E-state index contributed by atoms with van der Waals surface area (Å²) in [7, 11) is 0. The van der Waals surface area contributed by atoms with Crippen molar-refractivity contribution in [3.05, 3.63) is 0 Å². The highest BCUT2D eigenvalue weighted by molar-refractivity contribution is 5.98. The van der Waals surface area contributed by atoms with Gasteiger partial charge in [-0.05, 0) is 40.5 Å². The molecule has 112 valence electrons. The minimum absolute atomic E-state index is 0.241. The number of hydroxylamine groups is 2. The first-order valence-corrected chi connectivity index (χ1v) is 6.51. The Bertz CT molecular complexity index is 292. The lowest BCUT2D eigenvalue weighted by Gasteiger charge is -2.15. The Balaban J connectivity index is 0.000000555. The number of rotatable bonds is 4. The number of ketones is 1. The van der Waals surface area contributed by atoms with E-state index in [1.807, 2.05) is 0 Å². The van der Waals surface area contributed by atoms with Gasteiger partial charge in [-0.25, -0.2) is 0 Å². The zero-order chi connectivity index (χ0) is 15.1. The van der Waals surface area contributed by atoms with E-state index in [0.717, 1.165) is 11.5 Å². The van der Waals surface area contributed by atoms with Gasteiger partial charge in [0.2, 0.25) is 0 Å². The monoisotopic (exact) mass is 275 g/mol. The number of hydrogen-bond acceptors (Lipinski definition) is 6. The summed E-state index contributed by atoms with van der Waals surface area (Å²) in [5, 5.41) is 18.8. The Morgan fingerprint density at radius 1 is 1.37 bits per heavy atom. The molecule has 6 heteroatoms. The lowest BCUT2D eigenvalue weighted by atomic mass is 10.1. The molecule has 0 radical (unpaired) electrons. The molecule has 1 aliphatic heterocycles. The van der Waals surface area contributed by atoms with Crippen molar-refractivity contribution in [3.8, 4) is 0 Å². The van der Waals surface area contributed by atoms with E-state index in [4.69, 9.17) is 5.11 Å². The lowest BCUT2D eigenvalue weighted by Crippen LogP contribution is -2.34. The average molecular weight is 275 g/mol. The third-order valence-electron chi connectivity index (χ3n) is 2.22. The Kier molecular flexibility index (Phi) is 7.82. The number of esters is 1. The first-order valence-electron chi connectivity index (χ1n) is 6.51. The molecule has 0 bridgehead atoms. The molecule has 0 unspecified atom stereocenters. The SMILES string of the molecule is CC(C)(C)O.CCOC(=O)CC(=O)[C@@H]1CCCN1O. The van der Waals surface area contributed by atoms with Gasteiger partial charge in [-0.15, -0.1) is 0 Å². The predicted octanol–water partition coefficient (Wildman–Crippen LogP) is 1.14. The van der Waals surface area contributed by atoms with Crippen LogP contribution in [-0.4, -0.2) is 51.9 Å². The van der Waals surface area contributed by atoms with E-state index in [9.17, 15) is 14.8 Å². The molecule has 6 nitrogen and oxygen atoms in total. The van der Waals surface area contributed by atoms with E-state index >= 15 is 0 Å². The molecule has 1 rings (SSSR count). The van der Waals surface area contributed by atoms with E-state index < -0.39 is 17.6 Å². The molecule has 0 saturated carbocycles. The van der Waals surface area contributed by atoms with Crippen LogP contribution in [0.15, 0.2) is 0 Å². The Labute approximate surface area is 114 Å². The van der Waals surface area contributed by atoms with Gasteiger partial charge in [0.15, 0.2) is 5.78 Å². The fourth-order valence-electron chi connectivity index (χ4n) is 1.55. The second-order valence-electron chi connectivity index (χ2n) is 5.44. The smallest absolute Gasteiger partial charge is 0.313 e. The van der Waals surface area contributed by atoms with Crippen molar-refractivity contribution in [1.82, 2.24) is 5.06 Å². The molecule has 0 aromatic heterocycles. The van der Waals surface area contributed by atoms with Crippen LogP contribution in [0.4, 0.5) is 0 Å². The molecule has 0 spiro atoms. The van der Waals surface area contributed by atoms with E-state index in [-0.39, 0.29) is 18.8 Å². The van der Waals surface area contributed by atoms with Crippen molar-refractivity contribution in [2.75, 3.05) is 13.2 Å². The summed E-state index contributed by atoms with van der Waals surface area (Å²) in [5.41, 5.74) is -0.500. The van der Waals surface area contributed by atoms with Gasteiger partial charge >= 0.3 is 5.97 Å². The van der Waals surface area contributed by atoms with E-state index in [1.165, 1.54) is 0 Å². The normalized spacial score (nSPS) is 19.6. The van der Waals surface area contributed by atoms with Crippen LogP contribution in [0.25, 0.3) is 0 Å². The summed E-state index contributed by atoms with van der Waals surface area (Å²) in [4.78, 5) is 22.4. The van der Waals surface area contributed by atoms with Crippen molar-refractivity contribution < 1.29 is 24.6 Å². The number of Topliss-reactive ketones (excluding diaryl/α,β-unsaturated/α-hetero) is 1. The maximum Gasteiger partial charge on any atom is 0.313 e. The zero-order valence-corrected chi connectivity index (χ0v) is 12.2. The topological polar surface area (TPSA) is 87.1 Å². The molecule has 2 N–H and O–H groups in total. The van der Waals surface area contributed by atoms with Gasteiger partial charge in [0, 0.05) is 6.54 Å². The van der Waals surface area contributed by atoms with Gasteiger partial charge in [0.25, 0.3) is 0 Å². The van der Waals surface area contributed by atoms with E-state index in [0.29, 0.717) is 13.0 Å². The molecule has 0 aromatic rings. The van der Waals surface area contributed by atoms with E-state index in [1.54, 1.807) is 27.7 Å². The summed E-state index contributed by atoms with van der Waals surface area (Å²) in [6, 6.07) is -0.514. The number of nitrogens with zero attached hydrogens (tertiary/aromatic N) is 1. The van der Waals surface area contributed by atoms with Crippen LogP contribution in [0.2, 0.25) is 0 Å². The molecule has 0 aromatic carbocycles. The number of ether oxygens (including phenoxy) is 1. The Morgan fingerprint density at radius 3 is 2.26 bits per heavy atom. The predicted molar refractivity (Wildman–Crippen MR) is 69.7 cm³/mol. The summed E-state index contributed by atoms with van der Waals surface area (Å²) < 4.78 is 4.65. The number of carbonyl (C=O) groups is 2. The number of hydrogen-bond donors (Lipinski definition) is 2. The highest BCUT2D eigenvalue weighted by Gasteiger charge is 2.30. The second-order valence-corrected chi connectivity index (χ2v) is 5.44. The van der Waals surface area contributed by atoms with Gasteiger partial charge in [-0.3, -0.25) is 9.59 Å². The van der Waals surface area contributed by atoms with Gasteiger partial charge in [-0.2, -0.15) is 5.06 Å². The molecule has 1 fully saturated rings. The second kappa shape index (κ2) is 8.24. The quantitative estimate of drug-likeness (QED) is 0.591. The first-order chi connectivity index (χ1) is 8.65. The minimum Gasteiger partial charge on any atom is -0.466 e. The van der Waals surface area contributed by atoms with Crippen LogP contribution >= 0.6 is 0 Å². The molecular weight excluding hydrogens is 250 g/mol. The number of aliphatic hydroxyl groups is 1. The van der Waals surface area contributed by atoms with Crippen molar-refractivity contribution in [1.29, 1.82) is 0 Å². The van der Waals surface area contributed by atoms with Crippen LogP contribution in [0.3, 0.4) is 0 Å². The standard InChI is InChI=1S/C9H15NO4.C4H10O/c1-2-14-9(12)6-8(11)7-4-3-5-10(7)13;1-4(2,3)5/h7,13H,2-6H2,1H3;5H,1-3H3/t7-;/m0./s1. The van der Waals surface area contributed by atoms with Crippen LogP contribution < -0.4 is 0 Å². The van der Waals surface area contributed by atoms with Crippen LogP contribution in [-0.2, 0) is 14.3 Å². The van der Waals surface area contributed by atoms with Gasteiger partial charge in [-0.1, -0.05) is 0 Å². The molecule has 1 heterocycles. The third-order valence-corrected chi connectivity index (χ3v) is 2.22. The molecule has 0 aliphatic carbocycles. The van der Waals surface area contributed by atoms with E-state index in [2.05, 4.69) is 4.74 Å². The fraction of sp³-hybridized carbons (Fsp3) is 0.846. The fourth-order valence-corrected chi connectivity index (χ4v) is 1.55. The van der Waals surface area contributed by atoms with Crippen molar-refractivity contribution >= 4 is 11.8 Å². The maximum absolute atomic E-state index is 11.4. The zero-order valence-electron chi connectivity index (χ0n) is 12.2. The van der Waals surface area contributed by atoms with Crippen LogP contribution in [0, 0.1) is 0 Å². The van der Waals surface area contributed by atoms with Crippen LogP contribution in [0.1, 0.15) is 47.0 Å². The van der Waals surface area contributed by atoms with Crippen molar-refractivity contribution in [3.63, 3.8) is 0 Å². The molecule has 1 aliphatic rings. The molecule has 1 saturated heterocycles. The van der Waals surface area contributed by atoms with Gasteiger partial charge in [0.05, 0.1) is 18.2 Å². The molecule has 19 heavy (non-hydrogen) atoms. The summed E-state index contributed by atoms with van der Waals surface area (Å²) >= 11 is 0. The average Bonchev–Trinajstić information content (AvgIpc) is 2.62. The largest absolute Gasteiger partial charge is 0.466 e. The maximum atomic E-state index is 11.4. The molecular formula is C13H25NO5. The first kappa shape index (κ1) is 18.0. The Hall–Kier alpha value is -0.980. The van der Waals surface area contributed by atoms with Crippen molar-refractivity contribution in [2.24, 2.45) is 0 Å². The molecule has 0 amide bonds. The third kappa shape index (κ3) is 9.58. The lowest BCUT2D eigenvalue weighted by molar-refractivity contribution is -0.152. The highest BCUT2D eigenvalue weighted by atomic mass is 16.5. The Morgan fingerprint density at radius 2 is 1.89 bits per heavy atom. The van der Waals surface area contributed by atoms with Gasteiger partial charge in [0.1, 0.15) is 6.42 Å². The van der Waals surface area contributed by atoms with Crippen molar-refractivity contribution in [2.45, 2.75) is 58.6 Å². The summed E-state index contributed by atoms with van der Waals surface area (Å²) in [5.74, 6) is -0.777. The molecule has 1 atom stereocenters. The van der Waals surface area contributed by atoms with Crippen LogP contribution in [0.5, 0.6) is 0 Å². The summed E-state index contributed by atoms with van der Waals surface area (Å²) in [6.45, 7) is 7.70.